The van der Waals surface area contributed by atoms with Gasteiger partial charge in [0.1, 0.15) is 0 Å². The Morgan fingerprint density at radius 1 is 1.19 bits per heavy atom. The Morgan fingerprint density at radius 2 is 1.94 bits per heavy atom. The maximum atomic E-state index is 11.8. The van der Waals surface area contributed by atoms with Gasteiger partial charge in [-0.05, 0) is 18.2 Å². The van der Waals surface area contributed by atoms with Crippen LogP contribution in [-0.2, 0) is 0 Å². The molecule has 0 heterocycles. The van der Waals surface area contributed by atoms with Crippen molar-refractivity contribution in [2.45, 2.75) is 5.38 Å². The molecule has 0 aliphatic heterocycles. The summed E-state index contributed by atoms with van der Waals surface area (Å²) >= 11 is 5.99. The van der Waals surface area contributed by atoms with E-state index in [4.69, 9.17) is 11.6 Å². The molecule has 2 rings (SSSR count). The van der Waals surface area contributed by atoms with Gasteiger partial charge < -0.3 is 0 Å². The molecule has 0 radical (unpaired) electrons. The third kappa shape index (κ3) is 2.47. The Kier molecular flexibility index (Phi) is 3.32. The molecule has 16 heavy (non-hydrogen) atoms. The van der Waals surface area contributed by atoms with Gasteiger partial charge in [0.15, 0.2) is 0 Å². The average molecular weight is 232 g/mol. The van der Waals surface area contributed by atoms with Crippen LogP contribution in [0.4, 0.5) is 0 Å². The average Bonchev–Trinajstić information content (AvgIpc) is 2.33. The SMILES string of the molecule is O=C(N=C1C=CC=CC1Cl)c1ccccc1. The first-order valence-corrected chi connectivity index (χ1v) is 5.38. The molecule has 80 valence electrons. The van der Waals surface area contributed by atoms with Crippen molar-refractivity contribution < 1.29 is 4.79 Å². The number of amides is 1. The van der Waals surface area contributed by atoms with Gasteiger partial charge in [-0.1, -0.05) is 36.4 Å². The Morgan fingerprint density at radius 3 is 2.62 bits per heavy atom. The normalized spacial score (nSPS) is 21.3. The van der Waals surface area contributed by atoms with Crippen LogP contribution in [0.15, 0.2) is 59.6 Å². The van der Waals surface area contributed by atoms with Gasteiger partial charge in [0.25, 0.3) is 5.91 Å². The first-order valence-electron chi connectivity index (χ1n) is 4.94. The molecule has 0 spiro atoms. The molecule has 1 unspecified atom stereocenters. The lowest BCUT2D eigenvalue weighted by atomic mass is 10.1. The number of halogens is 1. The van der Waals surface area contributed by atoms with Crippen molar-refractivity contribution in [2.75, 3.05) is 0 Å². The molecule has 3 heteroatoms. The van der Waals surface area contributed by atoms with E-state index in [-0.39, 0.29) is 11.3 Å². The van der Waals surface area contributed by atoms with Gasteiger partial charge in [0.2, 0.25) is 0 Å². The van der Waals surface area contributed by atoms with Gasteiger partial charge in [0, 0.05) is 5.56 Å². The molecule has 1 aromatic rings. The van der Waals surface area contributed by atoms with Crippen molar-refractivity contribution in [2.24, 2.45) is 4.99 Å². The summed E-state index contributed by atoms with van der Waals surface area (Å²) in [6, 6.07) is 8.94. The minimum absolute atomic E-state index is 0.263. The minimum atomic E-state index is -0.322. The molecule has 1 amide bonds. The van der Waals surface area contributed by atoms with E-state index in [1.54, 1.807) is 24.3 Å². The first kappa shape index (κ1) is 10.8. The molecule has 1 aliphatic rings. The topological polar surface area (TPSA) is 29.4 Å². The molecule has 1 aliphatic carbocycles. The largest absolute Gasteiger partial charge is 0.277 e. The second kappa shape index (κ2) is 4.90. The van der Waals surface area contributed by atoms with Crippen LogP contribution in [0.1, 0.15) is 10.4 Å². The molecule has 0 saturated heterocycles. The summed E-state index contributed by atoms with van der Waals surface area (Å²) in [5.41, 5.74) is 1.15. The molecule has 1 aromatic carbocycles. The number of allylic oxidation sites excluding steroid dienone is 4. The highest BCUT2D eigenvalue weighted by atomic mass is 35.5. The molecule has 0 aromatic heterocycles. The fourth-order valence-corrected chi connectivity index (χ4v) is 1.57. The lowest BCUT2D eigenvalue weighted by Crippen LogP contribution is -2.13. The zero-order valence-corrected chi connectivity index (χ0v) is 9.26. The van der Waals surface area contributed by atoms with E-state index in [0.29, 0.717) is 11.3 Å². The first-order chi connectivity index (χ1) is 7.77. The lowest BCUT2D eigenvalue weighted by Gasteiger charge is -2.07. The number of rotatable bonds is 1. The van der Waals surface area contributed by atoms with Crippen LogP contribution in [0.2, 0.25) is 0 Å². The zero-order valence-electron chi connectivity index (χ0n) is 8.51. The highest BCUT2D eigenvalue weighted by Gasteiger charge is 2.11. The third-order valence-electron chi connectivity index (χ3n) is 2.19. The van der Waals surface area contributed by atoms with Crippen molar-refractivity contribution in [1.29, 1.82) is 0 Å². The molecule has 0 fully saturated rings. The molecular formula is C13H10ClNO. The van der Waals surface area contributed by atoms with Gasteiger partial charge in [-0.15, -0.1) is 11.6 Å². The predicted octanol–water partition coefficient (Wildman–Crippen LogP) is 3.00. The molecule has 0 bridgehead atoms. The van der Waals surface area contributed by atoms with Crippen LogP contribution in [0.5, 0.6) is 0 Å². The number of nitrogens with zero attached hydrogens (tertiary/aromatic N) is 1. The summed E-state index contributed by atoms with van der Waals surface area (Å²) in [5, 5.41) is -0.322. The van der Waals surface area contributed by atoms with Crippen LogP contribution in [0.25, 0.3) is 0 Å². The van der Waals surface area contributed by atoms with Gasteiger partial charge in [-0.2, -0.15) is 0 Å². The quantitative estimate of drug-likeness (QED) is 0.684. The third-order valence-corrected chi connectivity index (χ3v) is 2.56. The second-order valence-corrected chi connectivity index (χ2v) is 3.82. The van der Waals surface area contributed by atoms with E-state index in [2.05, 4.69) is 4.99 Å². The van der Waals surface area contributed by atoms with Gasteiger partial charge in [-0.3, -0.25) is 4.79 Å². The van der Waals surface area contributed by atoms with Crippen molar-refractivity contribution in [3.8, 4) is 0 Å². The Hall–Kier alpha value is -1.67. The number of alkyl halides is 1. The highest BCUT2D eigenvalue weighted by Crippen LogP contribution is 2.10. The van der Waals surface area contributed by atoms with E-state index in [9.17, 15) is 4.79 Å². The molecule has 2 nitrogen and oxygen atoms in total. The number of carbonyl (C=O) groups is 1. The standard InChI is InChI=1S/C13H10ClNO/c14-11-8-4-5-9-12(11)15-13(16)10-6-2-1-3-7-10/h1-9,11H. The monoisotopic (exact) mass is 231 g/mol. The summed E-state index contributed by atoms with van der Waals surface area (Å²) in [7, 11) is 0. The molecule has 0 saturated carbocycles. The number of carbonyl (C=O) groups excluding carboxylic acids is 1. The second-order valence-electron chi connectivity index (χ2n) is 3.35. The Balaban J connectivity index is 2.22. The Labute approximate surface area is 99.0 Å². The summed E-state index contributed by atoms with van der Waals surface area (Å²) in [5.74, 6) is -0.263. The lowest BCUT2D eigenvalue weighted by molar-refractivity contribution is 0.100. The van der Waals surface area contributed by atoms with Crippen LogP contribution in [0, 0.1) is 0 Å². The van der Waals surface area contributed by atoms with E-state index < -0.39 is 0 Å². The van der Waals surface area contributed by atoms with Gasteiger partial charge in [-0.25, -0.2) is 4.99 Å². The highest BCUT2D eigenvalue weighted by molar-refractivity contribution is 6.36. The fourth-order valence-electron chi connectivity index (χ4n) is 1.37. The van der Waals surface area contributed by atoms with Crippen LogP contribution in [0.3, 0.4) is 0 Å². The summed E-state index contributed by atoms with van der Waals surface area (Å²) in [4.78, 5) is 15.7. The smallest absolute Gasteiger partial charge is 0.267 e. The summed E-state index contributed by atoms with van der Waals surface area (Å²) < 4.78 is 0. The molecule has 1 atom stereocenters. The van der Waals surface area contributed by atoms with E-state index >= 15 is 0 Å². The number of hydrogen-bond donors (Lipinski definition) is 0. The zero-order chi connectivity index (χ0) is 11.4. The van der Waals surface area contributed by atoms with Crippen molar-refractivity contribution in [3.63, 3.8) is 0 Å². The van der Waals surface area contributed by atoms with E-state index in [1.807, 2.05) is 30.4 Å². The minimum Gasteiger partial charge on any atom is -0.267 e. The van der Waals surface area contributed by atoms with Crippen LogP contribution in [-0.4, -0.2) is 17.0 Å². The Bertz CT molecular complexity index is 474. The van der Waals surface area contributed by atoms with Crippen molar-refractivity contribution in [1.82, 2.24) is 0 Å². The maximum absolute atomic E-state index is 11.8. The van der Waals surface area contributed by atoms with Crippen LogP contribution < -0.4 is 0 Å². The number of hydrogen-bond acceptors (Lipinski definition) is 1. The van der Waals surface area contributed by atoms with E-state index in [1.165, 1.54) is 0 Å². The number of aliphatic imine (C=N–C) groups is 1. The summed E-state index contributed by atoms with van der Waals surface area (Å²) in [6.07, 6.45) is 7.19. The van der Waals surface area contributed by atoms with Crippen molar-refractivity contribution in [3.05, 3.63) is 60.2 Å². The van der Waals surface area contributed by atoms with E-state index in [0.717, 1.165) is 0 Å². The summed E-state index contributed by atoms with van der Waals surface area (Å²) in [6.45, 7) is 0. The molecule has 0 N–H and O–H groups in total. The predicted molar refractivity (Wildman–Crippen MR) is 66.1 cm³/mol. The van der Waals surface area contributed by atoms with Crippen molar-refractivity contribution >= 4 is 23.2 Å². The fraction of sp³-hybridized carbons (Fsp3) is 0.0769. The van der Waals surface area contributed by atoms with Gasteiger partial charge in [0.05, 0.1) is 11.1 Å². The maximum Gasteiger partial charge on any atom is 0.277 e. The molecular weight excluding hydrogens is 222 g/mol. The van der Waals surface area contributed by atoms with Crippen LogP contribution >= 0.6 is 11.6 Å². The van der Waals surface area contributed by atoms with Gasteiger partial charge >= 0.3 is 0 Å². The number of benzene rings is 1.